The van der Waals surface area contributed by atoms with E-state index in [1.54, 1.807) is 0 Å². The van der Waals surface area contributed by atoms with Gasteiger partial charge in [-0.05, 0) is 202 Å². The van der Waals surface area contributed by atoms with Crippen molar-refractivity contribution in [2.75, 3.05) is 0 Å². The Morgan fingerprint density at radius 1 is 0.357 bits per heavy atom. The van der Waals surface area contributed by atoms with E-state index in [-0.39, 0.29) is 6.10 Å². The molecular weight excluding hydrogens is 1030 g/mol. The molecular formula is C78H136O6. The topological polar surface area (TPSA) is 106 Å². The number of carbonyl (C=O) groups excluding carboxylic acids is 5. The number of aliphatic hydroxyl groups excluding tert-OH is 1. The Hall–Kier alpha value is -2.99. The normalized spacial score (nSPS) is 24.2. The minimum atomic E-state index is 0.0160. The van der Waals surface area contributed by atoms with Crippen LogP contribution in [0.1, 0.15) is 347 Å². The second kappa shape index (κ2) is 49.0. The van der Waals surface area contributed by atoms with E-state index in [0.29, 0.717) is 64.4 Å². The van der Waals surface area contributed by atoms with Gasteiger partial charge in [0.25, 0.3) is 0 Å². The third-order valence-electron chi connectivity index (χ3n) is 19.1. The molecule has 0 aliphatic heterocycles. The molecule has 484 valence electrons. The largest absolute Gasteiger partial charge is 0.393 e. The van der Waals surface area contributed by atoms with Crippen molar-refractivity contribution in [1.82, 2.24) is 0 Å². The van der Waals surface area contributed by atoms with Gasteiger partial charge >= 0.3 is 0 Å². The van der Waals surface area contributed by atoms with Crippen molar-refractivity contribution in [2.24, 2.45) is 53.3 Å². The molecule has 0 radical (unpaired) electrons. The summed E-state index contributed by atoms with van der Waals surface area (Å²) in [4.78, 5) is 56.3. The lowest BCUT2D eigenvalue weighted by Crippen LogP contribution is -2.15. The number of hydrogen-bond donors (Lipinski definition) is 1. The van der Waals surface area contributed by atoms with Crippen LogP contribution in [0.15, 0.2) is 58.2 Å². The zero-order valence-corrected chi connectivity index (χ0v) is 57.7. The summed E-state index contributed by atoms with van der Waals surface area (Å²) in [6.07, 6.45) is 56.2. The van der Waals surface area contributed by atoms with Crippen molar-refractivity contribution in [3.63, 3.8) is 0 Å². The zero-order chi connectivity index (χ0) is 62.7. The minimum Gasteiger partial charge on any atom is -0.393 e. The third kappa shape index (κ3) is 41.2. The SMILES string of the molecule is CCC(C)CC1CC(=O)C=C(C)C1.CCC(C)CCCC(C)CCC1CCCC1O.CCCCC1CC(=O)C=C(C)C1.CCCCCC1CC(=O)C=C(C)C1.CCCCCCC1CC(=O)C=C(C)C1.CCCCCCCC1CC(=O)C=C(C)C1. The van der Waals surface area contributed by atoms with E-state index in [0.717, 1.165) is 88.4 Å². The molecule has 0 saturated heterocycles. The number of unbranched alkanes of at least 4 members (excludes halogenated alkanes) is 10. The highest BCUT2D eigenvalue weighted by atomic mass is 16.3. The lowest BCUT2D eigenvalue weighted by atomic mass is 9.82. The fraction of sp³-hybridized carbons (Fsp3) is 0.808. The quantitative estimate of drug-likeness (QED) is 0.0748. The number of hydrogen-bond acceptors (Lipinski definition) is 6. The number of carbonyl (C=O) groups is 5. The Morgan fingerprint density at radius 3 is 1.04 bits per heavy atom. The molecule has 6 nitrogen and oxygen atoms in total. The number of rotatable bonds is 29. The first-order chi connectivity index (χ1) is 40.1. The summed E-state index contributed by atoms with van der Waals surface area (Å²) in [5.74, 6) is 8.02. The van der Waals surface area contributed by atoms with Crippen LogP contribution in [0, 0.1) is 53.3 Å². The van der Waals surface area contributed by atoms with Gasteiger partial charge in [-0.25, -0.2) is 0 Å². The average Bonchev–Trinajstić information content (AvgIpc) is 3.92. The molecule has 0 bridgehead atoms. The molecule has 0 aromatic rings. The van der Waals surface area contributed by atoms with Gasteiger partial charge in [0.1, 0.15) is 0 Å². The van der Waals surface area contributed by atoms with E-state index in [4.69, 9.17) is 0 Å². The fourth-order valence-electron chi connectivity index (χ4n) is 13.8. The molecule has 6 aliphatic rings. The van der Waals surface area contributed by atoms with Gasteiger partial charge in [-0.3, -0.25) is 24.0 Å². The van der Waals surface area contributed by atoms with E-state index in [9.17, 15) is 29.1 Å². The predicted octanol–water partition coefficient (Wildman–Crippen LogP) is 22.9. The summed E-state index contributed by atoms with van der Waals surface area (Å²) < 4.78 is 0. The second-order valence-electron chi connectivity index (χ2n) is 28.5. The maximum absolute atomic E-state index is 11.3. The first-order valence-corrected chi connectivity index (χ1v) is 35.8. The number of ketones is 5. The van der Waals surface area contributed by atoms with E-state index in [1.807, 2.05) is 30.4 Å². The van der Waals surface area contributed by atoms with Gasteiger partial charge in [0.2, 0.25) is 0 Å². The maximum Gasteiger partial charge on any atom is 0.155 e. The van der Waals surface area contributed by atoms with Gasteiger partial charge in [-0.15, -0.1) is 0 Å². The summed E-state index contributed by atoms with van der Waals surface area (Å²) in [5.41, 5.74) is 6.38. The predicted molar refractivity (Wildman–Crippen MR) is 362 cm³/mol. The molecule has 6 aliphatic carbocycles. The lowest BCUT2D eigenvalue weighted by Gasteiger charge is -2.22. The van der Waals surface area contributed by atoms with Crippen molar-refractivity contribution in [3.8, 4) is 0 Å². The van der Waals surface area contributed by atoms with Gasteiger partial charge in [0.05, 0.1) is 6.10 Å². The van der Waals surface area contributed by atoms with Gasteiger partial charge in [0, 0.05) is 32.1 Å². The molecule has 6 heteroatoms. The molecule has 0 spiro atoms. The van der Waals surface area contributed by atoms with Crippen molar-refractivity contribution in [2.45, 2.75) is 353 Å². The smallest absolute Gasteiger partial charge is 0.155 e. The van der Waals surface area contributed by atoms with Crippen LogP contribution < -0.4 is 0 Å². The summed E-state index contributed by atoms with van der Waals surface area (Å²) in [6, 6.07) is 0. The molecule has 0 amide bonds. The lowest BCUT2D eigenvalue weighted by molar-refractivity contribution is -0.116. The second-order valence-corrected chi connectivity index (χ2v) is 28.5. The monoisotopic (exact) mass is 1170 g/mol. The Balaban J connectivity index is 0.000000506. The molecule has 10 unspecified atom stereocenters. The van der Waals surface area contributed by atoms with Gasteiger partial charge in [-0.2, -0.15) is 0 Å². The minimum absolute atomic E-state index is 0.0160. The maximum atomic E-state index is 11.3. The Labute approximate surface area is 520 Å². The highest BCUT2D eigenvalue weighted by Crippen LogP contribution is 2.33. The van der Waals surface area contributed by atoms with Gasteiger partial charge in [0.15, 0.2) is 28.9 Å². The van der Waals surface area contributed by atoms with Crippen LogP contribution in [0.4, 0.5) is 0 Å². The number of aliphatic hydroxyl groups is 1. The first-order valence-electron chi connectivity index (χ1n) is 35.8. The van der Waals surface area contributed by atoms with Crippen LogP contribution in [0.5, 0.6) is 0 Å². The molecule has 0 aromatic carbocycles. The Bertz CT molecular complexity index is 1960. The van der Waals surface area contributed by atoms with E-state index >= 15 is 0 Å². The van der Waals surface area contributed by atoms with Crippen molar-refractivity contribution in [1.29, 1.82) is 0 Å². The van der Waals surface area contributed by atoms with Crippen molar-refractivity contribution >= 4 is 28.9 Å². The molecule has 0 aromatic heterocycles. The highest BCUT2D eigenvalue weighted by Gasteiger charge is 2.26. The van der Waals surface area contributed by atoms with Crippen LogP contribution in [0.25, 0.3) is 0 Å². The first kappa shape index (κ1) is 79.0. The van der Waals surface area contributed by atoms with Gasteiger partial charge in [-0.1, -0.05) is 225 Å². The third-order valence-corrected chi connectivity index (χ3v) is 19.1. The standard InChI is InChI=1S/C16H32O.C14H24O.C13H22O.2C12H20O.C11H18O/c1-4-13(2)7-5-8-14(3)11-12-15-9-6-10-16(15)17;1-3-4-5-6-7-8-13-9-12(2)10-14(15)11-13;1-3-4-5-6-7-12-8-11(2)9-13(14)10-12;1-4-9(2)5-11-6-10(3)7-12(13)8-11;1-3-4-5-6-11-7-10(2)8-12(13)9-11;1-3-4-5-10-6-9(2)7-11(12)8-10/h13-17H,4-12H2,1-3H3;10,13H,3-9,11H2,1-2H3;9,12H,3-8,10H2,1-2H3;7,9,11H,4-6,8H2,1-3H3;8,11H,3-7,9H2,1-2H3;7,10H,3-6,8H2,1-2H3. The fourth-order valence-corrected chi connectivity index (χ4v) is 13.8. The Kier molecular flexibility index (Phi) is 46.1. The van der Waals surface area contributed by atoms with E-state index < -0.39 is 0 Å². The average molecular weight is 1170 g/mol. The molecule has 1 saturated carbocycles. The van der Waals surface area contributed by atoms with Crippen LogP contribution >= 0.6 is 0 Å². The van der Waals surface area contributed by atoms with Crippen LogP contribution in [0.2, 0.25) is 0 Å². The van der Waals surface area contributed by atoms with Crippen LogP contribution in [-0.4, -0.2) is 40.1 Å². The number of allylic oxidation sites excluding steroid dienone is 10. The van der Waals surface area contributed by atoms with E-state index in [2.05, 4.69) is 96.9 Å². The Morgan fingerprint density at radius 2 is 0.679 bits per heavy atom. The van der Waals surface area contributed by atoms with Crippen LogP contribution in [-0.2, 0) is 24.0 Å². The zero-order valence-electron chi connectivity index (χ0n) is 57.7. The van der Waals surface area contributed by atoms with Crippen LogP contribution in [0.3, 0.4) is 0 Å². The van der Waals surface area contributed by atoms with Crippen molar-refractivity contribution in [3.05, 3.63) is 58.2 Å². The summed E-state index contributed by atoms with van der Waals surface area (Å²) in [7, 11) is 0. The molecule has 84 heavy (non-hydrogen) atoms. The molecule has 10 atom stereocenters. The van der Waals surface area contributed by atoms with Gasteiger partial charge < -0.3 is 5.11 Å². The van der Waals surface area contributed by atoms with Crippen molar-refractivity contribution < 1.29 is 29.1 Å². The molecule has 1 fully saturated rings. The van der Waals surface area contributed by atoms with E-state index in [1.165, 1.54) is 208 Å². The molecule has 1 N–H and O–H groups in total. The molecule has 6 rings (SSSR count). The summed E-state index contributed by atoms with van der Waals surface area (Å²) in [6.45, 7) is 30.8. The summed E-state index contributed by atoms with van der Waals surface area (Å²) >= 11 is 0. The highest BCUT2D eigenvalue weighted by molar-refractivity contribution is 5.93. The summed E-state index contributed by atoms with van der Waals surface area (Å²) in [5, 5.41) is 9.78. The molecule has 0 heterocycles.